The van der Waals surface area contributed by atoms with Gasteiger partial charge in [-0.15, -0.1) is 0 Å². The third kappa shape index (κ3) is 1.44. The predicted molar refractivity (Wildman–Crippen MR) is 60.2 cm³/mol. The van der Waals surface area contributed by atoms with Crippen molar-refractivity contribution < 1.29 is 4.74 Å². The molecule has 4 heteroatoms. The van der Waals surface area contributed by atoms with Gasteiger partial charge in [0.1, 0.15) is 5.75 Å². The Labute approximate surface area is 86.9 Å². The minimum atomic E-state index is -0.0469. The first-order valence-electron chi connectivity index (χ1n) is 4.56. The molecule has 0 atom stereocenters. The van der Waals surface area contributed by atoms with Gasteiger partial charge < -0.3 is 15.0 Å². The van der Waals surface area contributed by atoms with Crippen LogP contribution in [0.15, 0.2) is 29.1 Å². The van der Waals surface area contributed by atoms with Crippen LogP contribution in [-0.2, 0) is 7.05 Å². The molecule has 0 amide bonds. The summed E-state index contributed by atoms with van der Waals surface area (Å²) in [5.74, 6) is 0.587. The second-order valence-corrected chi connectivity index (χ2v) is 3.38. The second-order valence-electron chi connectivity index (χ2n) is 3.38. The van der Waals surface area contributed by atoms with Crippen molar-refractivity contribution in [1.29, 1.82) is 0 Å². The number of rotatable bonds is 1. The standard InChI is InChI=1S/C11H12N2O2/c1-13-9-6-10(15-2)8(12)5-7(9)3-4-11(13)14/h3-6H,12H2,1-2H3. The van der Waals surface area contributed by atoms with Crippen molar-refractivity contribution in [2.45, 2.75) is 0 Å². The van der Waals surface area contributed by atoms with Crippen LogP contribution in [0.3, 0.4) is 0 Å². The quantitative estimate of drug-likeness (QED) is 0.708. The lowest BCUT2D eigenvalue weighted by Gasteiger charge is -2.09. The van der Waals surface area contributed by atoms with Crippen molar-refractivity contribution >= 4 is 16.6 Å². The summed E-state index contributed by atoms with van der Waals surface area (Å²) in [6.07, 6.45) is 0. The van der Waals surface area contributed by atoms with Crippen LogP contribution in [0.2, 0.25) is 0 Å². The Morgan fingerprint density at radius 2 is 2.07 bits per heavy atom. The van der Waals surface area contributed by atoms with Gasteiger partial charge in [0.15, 0.2) is 0 Å². The lowest BCUT2D eigenvalue weighted by atomic mass is 10.2. The smallest absolute Gasteiger partial charge is 0.250 e. The molecule has 78 valence electrons. The molecule has 2 N–H and O–H groups in total. The number of anilines is 1. The molecule has 1 aromatic heterocycles. The van der Waals surface area contributed by atoms with Gasteiger partial charge in [0, 0.05) is 24.6 Å². The van der Waals surface area contributed by atoms with Crippen molar-refractivity contribution in [3.05, 3.63) is 34.6 Å². The summed E-state index contributed by atoms with van der Waals surface area (Å²) in [4.78, 5) is 11.4. The van der Waals surface area contributed by atoms with Gasteiger partial charge in [-0.3, -0.25) is 4.79 Å². The van der Waals surface area contributed by atoms with Crippen molar-refractivity contribution in [3.63, 3.8) is 0 Å². The molecule has 0 aliphatic heterocycles. The van der Waals surface area contributed by atoms with E-state index in [4.69, 9.17) is 10.5 Å². The predicted octanol–water partition coefficient (Wildman–Crippen LogP) is 1.13. The highest BCUT2D eigenvalue weighted by Gasteiger charge is 2.04. The van der Waals surface area contributed by atoms with Gasteiger partial charge in [0.2, 0.25) is 0 Å². The van der Waals surface area contributed by atoms with E-state index in [1.54, 1.807) is 36.9 Å². The van der Waals surface area contributed by atoms with Crippen LogP contribution < -0.4 is 16.0 Å². The normalized spacial score (nSPS) is 10.5. The minimum absolute atomic E-state index is 0.0469. The maximum absolute atomic E-state index is 11.4. The van der Waals surface area contributed by atoms with Crippen LogP contribution in [0.25, 0.3) is 10.9 Å². The van der Waals surface area contributed by atoms with E-state index in [0.29, 0.717) is 11.4 Å². The number of methoxy groups -OCH3 is 1. The van der Waals surface area contributed by atoms with Crippen molar-refractivity contribution in [3.8, 4) is 5.75 Å². The van der Waals surface area contributed by atoms with E-state index in [-0.39, 0.29) is 5.56 Å². The number of benzene rings is 1. The molecule has 0 bridgehead atoms. The molecular formula is C11H12N2O2. The number of pyridine rings is 1. The summed E-state index contributed by atoms with van der Waals surface area (Å²) in [6.45, 7) is 0. The van der Waals surface area contributed by atoms with Crippen molar-refractivity contribution in [2.75, 3.05) is 12.8 Å². The van der Waals surface area contributed by atoms with E-state index in [1.165, 1.54) is 6.07 Å². The molecule has 0 saturated heterocycles. The van der Waals surface area contributed by atoms with Crippen LogP contribution in [-0.4, -0.2) is 11.7 Å². The van der Waals surface area contributed by atoms with Gasteiger partial charge in [-0.1, -0.05) is 0 Å². The molecule has 4 nitrogen and oxygen atoms in total. The molecule has 0 spiro atoms. The van der Waals surface area contributed by atoms with Crippen molar-refractivity contribution in [1.82, 2.24) is 4.57 Å². The Morgan fingerprint density at radius 3 is 2.73 bits per heavy atom. The number of hydrogen-bond acceptors (Lipinski definition) is 3. The fourth-order valence-electron chi connectivity index (χ4n) is 1.60. The Balaban J connectivity index is 2.88. The summed E-state index contributed by atoms with van der Waals surface area (Å²) in [5, 5.41) is 0.926. The van der Waals surface area contributed by atoms with E-state index < -0.39 is 0 Å². The molecule has 0 aliphatic carbocycles. The number of nitrogens with two attached hydrogens (primary N) is 1. The molecule has 15 heavy (non-hydrogen) atoms. The van der Waals surface area contributed by atoms with Gasteiger partial charge in [0.05, 0.1) is 18.3 Å². The zero-order valence-electron chi connectivity index (χ0n) is 8.65. The zero-order valence-corrected chi connectivity index (χ0v) is 8.65. The Morgan fingerprint density at radius 1 is 1.33 bits per heavy atom. The fourth-order valence-corrected chi connectivity index (χ4v) is 1.60. The Kier molecular flexibility index (Phi) is 2.11. The number of aromatic nitrogens is 1. The average molecular weight is 204 g/mol. The number of hydrogen-bond donors (Lipinski definition) is 1. The number of nitrogens with zero attached hydrogens (tertiary/aromatic N) is 1. The summed E-state index contributed by atoms with van der Waals surface area (Å²) < 4.78 is 6.67. The number of fused-ring (bicyclic) bond motifs is 1. The fraction of sp³-hybridized carbons (Fsp3) is 0.182. The van der Waals surface area contributed by atoms with Gasteiger partial charge in [0.25, 0.3) is 5.56 Å². The largest absolute Gasteiger partial charge is 0.495 e. The maximum atomic E-state index is 11.4. The van der Waals surface area contributed by atoms with Gasteiger partial charge >= 0.3 is 0 Å². The zero-order chi connectivity index (χ0) is 11.0. The van der Waals surface area contributed by atoms with E-state index in [2.05, 4.69) is 0 Å². The summed E-state index contributed by atoms with van der Waals surface area (Å²) in [7, 11) is 3.28. The topological polar surface area (TPSA) is 57.2 Å². The number of ether oxygens (including phenoxy) is 1. The first-order valence-corrected chi connectivity index (χ1v) is 4.56. The summed E-state index contributed by atoms with van der Waals surface area (Å²) in [5.41, 5.74) is 7.11. The molecule has 2 rings (SSSR count). The van der Waals surface area contributed by atoms with Gasteiger partial charge in [-0.2, -0.15) is 0 Å². The van der Waals surface area contributed by atoms with E-state index in [1.807, 2.05) is 0 Å². The maximum Gasteiger partial charge on any atom is 0.250 e. The first kappa shape index (κ1) is 9.58. The minimum Gasteiger partial charge on any atom is -0.495 e. The highest BCUT2D eigenvalue weighted by atomic mass is 16.5. The van der Waals surface area contributed by atoms with E-state index >= 15 is 0 Å². The van der Waals surface area contributed by atoms with Gasteiger partial charge in [-0.05, 0) is 12.1 Å². The average Bonchev–Trinajstić information content (AvgIpc) is 2.23. The molecule has 1 aromatic carbocycles. The SMILES string of the molecule is COc1cc2c(ccc(=O)n2C)cc1N. The lowest BCUT2D eigenvalue weighted by Crippen LogP contribution is -2.15. The Bertz CT molecular complexity index is 573. The number of nitrogen functional groups attached to an aromatic ring is 1. The molecule has 0 aliphatic rings. The summed E-state index contributed by atoms with van der Waals surface area (Å²) in [6, 6.07) is 6.85. The highest BCUT2D eigenvalue weighted by Crippen LogP contribution is 2.26. The van der Waals surface area contributed by atoms with Crippen molar-refractivity contribution in [2.24, 2.45) is 7.05 Å². The molecule has 1 heterocycles. The monoisotopic (exact) mass is 204 g/mol. The van der Waals surface area contributed by atoms with Crippen LogP contribution in [0.4, 0.5) is 5.69 Å². The Hall–Kier alpha value is -1.97. The van der Waals surface area contributed by atoms with Crippen LogP contribution in [0, 0.1) is 0 Å². The van der Waals surface area contributed by atoms with Gasteiger partial charge in [-0.25, -0.2) is 0 Å². The highest BCUT2D eigenvalue weighted by molar-refractivity contribution is 5.85. The third-order valence-electron chi connectivity index (χ3n) is 2.48. The molecule has 0 radical (unpaired) electrons. The molecule has 0 saturated carbocycles. The lowest BCUT2D eigenvalue weighted by molar-refractivity contribution is 0.417. The van der Waals surface area contributed by atoms with E-state index in [0.717, 1.165) is 10.9 Å². The molecule has 0 fully saturated rings. The van der Waals surface area contributed by atoms with E-state index in [9.17, 15) is 4.79 Å². The molecule has 0 unspecified atom stereocenters. The second kappa shape index (κ2) is 3.31. The number of aryl methyl sites for hydroxylation is 1. The summed E-state index contributed by atoms with van der Waals surface area (Å²) >= 11 is 0. The molecular weight excluding hydrogens is 192 g/mol. The molecule has 2 aromatic rings. The third-order valence-corrected chi connectivity index (χ3v) is 2.48. The first-order chi connectivity index (χ1) is 7.13. The van der Waals surface area contributed by atoms with Crippen LogP contribution >= 0.6 is 0 Å². The van der Waals surface area contributed by atoms with Crippen LogP contribution in [0.5, 0.6) is 5.75 Å². The van der Waals surface area contributed by atoms with Crippen LogP contribution in [0.1, 0.15) is 0 Å².